The van der Waals surface area contributed by atoms with Gasteiger partial charge in [-0.05, 0) is 56.4 Å². The highest BCUT2D eigenvalue weighted by atomic mass is 79.9. The number of likely N-dealkylation sites (tertiary alicyclic amines) is 1. The lowest BCUT2D eigenvalue weighted by molar-refractivity contribution is -0.140. The van der Waals surface area contributed by atoms with E-state index in [9.17, 15) is 14.7 Å². The van der Waals surface area contributed by atoms with Gasteiger partial charge in [-0.3, -0.25) is 14.6 Å². The standard InChI is InChI=1S/C21H22BrN3O3/c1-13-12-15(4-5-16(13)22)19(26)17-18(14-6-8-23-9-7-14)25(11-10-24(2)3)21(28)20(17)27/h4-9,12,18,26H,10-11H2,1-3H3/b19-17-. The maximum absolute atomic E-state index is 12.9. The first kappa shape index (κ1) is 20.2. The summed E-state index contributed by atoms with van der Waals surface area (Å²) in [6.07, 6.45) is 3.23. The van der Waals surface area contributed by atoms with Gasteiger partial charge in [-0.2, -0.15) is 0 Å². The summed E-state index contributed by atoms with van der Waals surface area (Å²) in [4.78, 5) is 33.1. The maximum atomic E-state index is 12.9. The number of halogens is 1. The Kier molecular flexibility index (Phi) is 5.96. The molecule has 1 N–H and O–H groups in total. The van der Waals surface area contributed by atoms with E-state index < -0.39 is 17.7 Å². The Labute approximate surface area is 172 Å². The molecule has 1 fully saturated rings. The smallest absolute Gasteiger partial charge is 0.295 e. The lowest BCUT2D eigenvalue weighted by Gasteiger charge is -2.26. The van der Waals surface area contributed by atoms with Gasteiger partial charge < -0.3 is 14.9 Å². The quantitative estimate of drug-likeness (QED) is 0.436. The van der Waals surface area contributed by atoms with Crippen LogP contribution in [-0.4, -0.2) is 58.8 Å². The minimum atomic E-state index is -0.668. The number of carbonyl (C=O) groups is 2. The Morgan fingerprint density at radius 1 is 1.21 bits per heavy atom. The van der Waals surface area contributed by atoms with Crippen molar-refractivity contribution in [1.29, 1.82) is 0 Å². The summed E-state index contributed by atoms with van der Waals surface area (Å²) in [5.74, 6) is -1.43. The number of hydrogen-bond acceptors (Lipinski definition) is 5. The number of aryl methyl sites for hydroxylation is 1. The number of amides is 1. The van der Waals surface area contributed by atoms with Gasteiger partial charge in [0.1, 0.15) is 5.76 Å². The van der Waals surface area contributed by atoms with E-state index in [-0.39, 0.29) is 11.3 Å². The number of carbonyl (C=O) groups excluding carboxylic acids is 2. The van der Waals surface area contributed by atoms with E-state index in [0.717, 1.165) is 15.6 Å². The summed E-state index contributed by atoms with van der Waals surface area (Å²) < 4.78 is 0.904. The molecule has 0 spiro atoms. The minimum Gasteiger partial charge on any atom is -0.507 e. The number of hydrogen-bond donors (Lipinski definition) is 1. The van der Waals surface area contributed by atoms with Gasteiger partial charge in [0.25, 0.3) is 11.7 Å². The van der Waals surface area contributed by atoms with E-state index in [0.29, 0.717) is 18.7 Å². The van der Waals surface area contributed by atoms with Gasteiger partial charge in [0, 0.05) is 35.5 Å². The monoisotopic (exact) mass is 443 g/mol. The Bertz CT molecular complexity index is 941. The molecule has 28 heavy (non-hydrogen) atoms. The number of benzene rings is 1. The maximum Gasteiger partial charge on any atom is 0.295 e. The summed E-state index contributed by atoms with van der Waals surface area (Å²) in [7, 11) is 3.81. The number of nitrogens with zero attached hydrogens (tertiary/aromatic N) is 3. The van der Waals surface area contributed by atoms with Crippen LogP contribution in [0.4, 0.5) is 0 Å². The zero-order chi connectivity index (χ0) is 20.4. The SMILES string of the molecule is Cc1cc(/C(O)=C2/C(=O)C(=O)N(CCN(C)C)C2c2ccncc2)ccc1Br. The number of ketones is 1. The molecule has 7 heteroatoms. The zero-order valence-electron chi connectivity index (χ0n) is 16.0. The summed E-state index contributed by atoms with van der Waals surface area (Å²) in [6, 6.07) is 8.21. The Morgan fingerprint density at radius 3 is 2.50 bits per heavy atom. The van der Waals surface area contributed by atoms with Gasteiger partial charge in [-0.15, -0.1) is 0 Å². The van der Waals surface area contributed by atoms with Gasteiger partial charge in [-0.25, -0.2) is 0 Å². The van der Waals surface area contributed by atoms with Crippen LogP contribution in [-0.2, 0) is 9.59 Å². The average Bonchev–Trinajstić information content (AvgIpc) is 2.93. The van der Waals surface area contributed by atoms with Gasteiger partial charge in [0.2, 0.25) is 0 Å². The van der Waals surface area contributed by atoms with Crippen molar-refractivity contribution in [2.45, 2.75) is 13.0 Å². The van der Waals surface area contributed by atoms with Gasteiger partial charge in [0.05, 0.1) is 11.6 Å². The first-order valence-electron chi connectivity index (χ1n) is 8.91. The second-order valence-corrected chi connectivity index (χ2v) is 7.89. The summed E-state index contributed by atoms with van der Waals surface area (Å²) in [5.41, 5.74) is 2.27. The van der Waals surface area contributed by atoms with Gasteiger partial charge in [0.15, 0.2) is 0 Å². The van der Waals surface area contributed by atoms with Crippen LogP contribution < -0.4 is 0 Å². The van der Waals surface area contributed by atoms with Crippen molar-refractivity contribution in [1.82, 2.24) is 14.8 Å². The third kappa shape index (κ3) is 3.86. The normalized spacial score (nSPS) is 18.9. The van der Waals surface area contributed by atoms with E-state index in [1.807, 2.05) is 32.0 Å². The number of aliphatic hydroxyl groups is 1. The molecule has 1 unspecified atom stereocenters. The molecule has 0 radical (unpaired) electrons. The van der Waals surface area contributed by atoms with Crippen molar-refractivity contribution in [3.63, 3.8) is 0 Å². The lowest BCUT2D eigenvalue weighted by atomic mass is 9.95. The van der Waals surface area contributed by atoms with Crippen LogP contribution in [0, 0.1) is 6.92 Å². The molecule has 3 rings (SSSR count). The molecule has 1 amide bonds. The number of aliphatic hydroxyl groups excluding tert-OH is 1. The molecular formula is C21H22BrN3O3. The third-order valence-corrected chi connectivity index (χ3v) is 5.67. The molecule has 1 saturated heterocycles. The number of pyridine rings is 1. The summed E-state index contributed by atoms with van der Waals surface area (Å²) >= 11 is 3.44. The molecule has 1 aliphatic rings. The van der Waals surface area contributed by atoms with Crippen molar-refractivity contribution in [3.05, 3.63) is 69.5 Å². The minimum absolute atomic E-state index is 0.108. The average molecular weight is 444 g/mol. The van der Waals surface area contributed by atoms with Crippen LogP contribution in [0.2, 0.25) is 0 Å². The zero-order valence-corrected chi connectivity index (χ0v) is 17.6. The van der Waals surface area contributed by atoms with Crippen LogP contribution in [0.15, 0.2) is 52.8 Å². The highest BCUT2D eigenvalue weighted by Crippen LogP contribution is 2.39. The Balaban J connectivity index is 2.14. The van der Waals surface area contributed by atoms with E-state index in [1.165, 1.54) is 4.90 Å². The van der Waals surface area contributed by atoms with Crippen LogP contribution >= 0.6 is 15.9 Å². The third-order valence-electron chi connectivity index (χ3n) is 4.78. The number of Topliss-reactive ketones (excluding diaryl/α,β-unsaturated/α-hetero) is 1. The fourth-order valence-corrected chi connectivity index (χ4v) is 3.50. The Hall–Kier alpha value is -2.51. The highest BCUT2D eigenvalue weighted by Gasteiger charge is 2.45. The summed E-state index contributed by atoms with van der Waals surface area (Å²) in [6.45, 7) is 2.88. The second-order valence-electron chi connectivity index (χ2n) is 7.04. The molecule has 2 aromatic rings. The van der Waals surface area contributed by atoms with Crippen molar-refractivity contribution in [2.24, 2.45) is 0 Å². The van der Waals surface area contributed by atoms with Gasteiger partial charge >= 0.3 is 0 Å². The van der Waals surface area contributed by atoms with Crippen molar-refractivity contribution in [3.8, 4) is 0 Å². The summed E-state index contributed by atoms with van der Waals surface area (Å²) in [5, 5.41) is 11.0. The van der Waals surface area contributed by atoms with Gasteiger partial charge in [-0.1, -0.05) is 22.0 Å². The molecule has 6 nitrogen and oxygen atoms in total. The molecule has 0 aliphatic carbocycles. The van der Waals surface area contributed by atoms with Crippen LogP contribution in [0.25, 0.3) is 5.76 Å². The predicted molar refractivity (Wildman–Crippen MR) is 111 cm³/mol. The largest absolute Gasteiger partial charge is 0.507 e. The topological polar surface area (TPSA) is 73.7 Å². The molecule has 1 aromatic carbocycles. The predicted octanol–water partition coefficient (Wildman–Crippen LogP) is 3.14. The number of rotatable bonds is 5. The molecule has 0 bridgehead atoms. The van der Waals surface area contributed by atoms with Crippen LogP contribution in [0.1, 0.15) is 22.7 Å². The first-order chi connectivity index (χ1) is 13.3. The lowest BCUT2D eigenvalue weighted by Crippen LogP contribution is -2.35. The van der Waals surface area contributed by atoms with Crippen LogP contribution in [0.5, 0.6) is 0 Å². The van der Waals surface area contributed by atoms with E-state index in [4.69, 9.17) is 0 Å². The molecular weight excluding hydrogens is 422 g/mol. The van der Waals surface area contributed by atoms with Crippen molar-refractivity contribution < 1.29 is 14.7 Å². The second kappa shape index (κ2) is 8.24. The molecule has 1 aromatic heterocycles. The van der Waals surface area contributed by atoms with E-state index >= 15 is 0 Å². The fraction of sp³-hybridized carbons (Fsp3) is 0.286. The highest BCUT2D eigenvalue weighted by molar-refractivity contribution is 9.10. The van der Waals surface area contributed by atoms with Crippen LogP contribution in [0.3, 0.4) is 0 Å². The molecule has 1 aliphatic heterocycles. The number of likely N-dealkylation sites (N-methyl/N-ethyl adjacent to an activating group) is 1. The van der Waals surface area contributed by atoms with E-state index in [2.05, 4.69) is 20.9 Å². The van der Waals surface area contributed by atoms with Crippen molar-refractivity contribution >= 4 is 33.4 Å². The first-order valence-corrected chi connectivity index (χ1v) is 9.70. The molecule has 1 atom stereocenters. The molecule has 0 saturated carbocycles. The fourth-order valence-electron chi connectivity index (χ4n) is 3.26. The van der Waals surface area contributed by atoms with Crippen molar-refractivity contribution in [2.75, 3.05) is 27.2 Å². The van der Waals surface area contributed by atoms with E-state index in [1.54, 1.807) is 36.7 Å². The molecule has 146 valence electrons. The number of aromatic nitrogens is 1. The molecule has 2 heterocycles. The Morgan fingerprint density at radius 2 is 1.89 bits per heavy atom.